The van der Waals surface area contributed by atoms with Crippen molar-refractivity contribution < 1.29 is 9.53 Å². The summed E-state index contributed by atoms with van der Waals surface area (Å²) in [5.74, 6) is -0.177. The van der Waals surface area contributed by atoms with Gasteiger partial charge >= 0.3 is 0 Å². The summed E-state index contributed by atoms with van der Waals surface area (Å²) in [5.41, 5.74) is 1.99. The number of benzene rings is 1. The molecule has 1 aromatic carbocycles. The first kappa shape index (κ1) is 15.1. The second-order valence-electron chi connectivity index (χ2n) is 5.78. The van der Waals surface area contributed by atoms with E-state index in [4.69, 9.17) is 16.3 Å². The molecular formula is C16H18ClN3O2. The number of ether oxygens (including phenoxy) is 1. The molecular weight excluding hydrogens is 302 g/mol. The van der Waals surface area contributed by atoms with Gasteiger partial charge in [-0.15, -0.1) is 0 Å². The van der Waals surface area contributed by atoms with E-state index in [2.05, 4.69) is 15.5 Å². The van der Waals surface area contributed by atoms with Crippen molar-refractivity contribution in [3.63, 3.8) is 0 Å². The first-order valence-corrected chi connectivity index (χ1v) is 7.61. The Kier molecular flexibility index (Phi) is 4.18. The Bertz CT molecular complexity index is 660. The maximum Gasteiger partial charge on any atom is 0.272 e. The van der Waals surface area contributed by atoms with Gasteiger partial charge in [0, 0.05) is 17.3 Å². The van der Waals surface area contributed by atoms with Gasteiger partial charge in [0.15, 0.2) is 0 Å². The number of aromatic nitrogens is 2. The zero-order valence-corrected chi connectivity index (χ0v) is 13.1. The van der Waals surface area contributed by atoms with Crippen molar-refractivity contribution in [1.29, 1.82) is 0 Å². The molecule has 3 rings (SSSR count). The van der Waals surface area contributed by atoms with Crippen LogP contribution in [-0.4, -0.2) is 34.9 Å². The zero-order valence-electron chi connectivity index (χ0n) is 12.4. The number of aryl methyl sites for hydroxylation is 1. The maximum absolute atomic E-state index is 12.4. The SMILES string of the molecule is Cc1cc(C(=O)N[C@]2(Cc3ccc(Cl)cc3)CCOC2)n[nH]1. The average molecular weight is 320 g/mol. The standard InChI is InChI=1S/C16H18ClN3O2/c1-11-8-14(20-19-11)15(21)18-16(6-7-22-10-16)9-12-2-4-13(17)5-3-12/h2-5,8H,6-7,9-10H2,1H3,(H,18,21)(H,19,20)/t16-/m0/s1. The zero-order chi connectivity index (χ0) is 15.6. The Balaban J connectivity index is 1.76. The van der Waals surface area contributed by atoms with Gasteiger partial charge in [-0.05, 0) is 43.5 Å². The van der Waals surface area contributed by atoms with Crippen LogP contribution in [0.3, 0.4) is 0 Å². The first-order valence-electron chi connectivity index (χ1n) is 7.23. The fraction of sp³-hybridized carbons (Fsp3) is 0.375. The number of hydrogen-bond donors (Lipinski definition) is 2. The van der Waals surface area contributed by atoms with Crippen LogP contribution < -0.4 is 5.32 Å². The van der Waals surface area contributed by atoms with Crippen molar-refractivity contribution in [2.75, 3.05) is 13.2 Å². The van der Waals surface area contributed by atoms with Gasteiger partial charge in [-0.25, -0.2) is 0 Å². The van der Waals surface area contributed by atoms with Gasteiger partial charge in [-0.3, -0.25) is 9.89 Å². The van der Waals surface area contributed by atoms with Crippen molar-refractivity contribution in [2.24, 2.45) is 0 Å². The van der Waals surface area contributed by atoms with Crippen LogP contribution in [0.15, 0.2) is 30.3 Å². The van der Waals surface area contributed by atoms with E-state index >= 15 is 0 Å². The van der Waals surface area contributed by atoms with Crippen molar-refractivity contribution in [2.45, 2.75) is 25.3 Å². The molecule has 1 atom stereocenters. The molecule has 2 aromatic rings. The lowest BCUT2D eigenvalue weighted by molar-refractivity contribution is 0.0872. The van der Waals surface area contributed by atoms with Crippen LogP contribution in [0.4, 0.5) is 0 Å². The number of amides is 1. The number of nitrogens with one attached hydrogen (secondary N) is 2. The Labute approximate surface area is 134 Å². The highest BCUT2D eigenvalue weighted by Gasteiger charge is 2.37. The predicted molar refractivity (Wildman–Crippen MR) is 84.1 cm³/mol. The van der Waals surface area contributed by atoms with Gasteiger partial charge in [-0.2, -0.15) is 5.10 Å². The normalized spacial score (nSPS) is 21.0. The van der Waals surface area contributed by atoms with E-state index in [1.807, 2.05) is 31.2 Å². The number of rotatable bonds is 4. The van der Waals surface area contributed by atoms with E-state index in [9.17, 15) is 4.79 Å². The van der Waals surface area contributed by atoms with Gasteiger partial charge in [0.05, 0.1) is 12.1 Å². The molecule has 1 saturated heterocycles. The lowest BCUT2D eigenvalue weighted by Gasteiger charge is -2.28. The van der Waals surface area contributed by atoms with E-state index in [0.717, 1.165) is 17.7 Å². The Morgan fingerprint density at radius 3 is 2.82 bits per heavy atom. The first-order chi connectivity index (χ1) is 10.6. The number of H-pyrrole nitrogens is 1. The highest BCUT2D eigenvalue weighted by molar-refractivity contribution is 6.30. The molecule has 1 aliphatic rings. The summed E-state index contributed by atoms with van der Waals surface area (Å²) < 4.78 is 5.53. The molecule has 1 aliphatic heterocycles. The molecule has 5 nitrogen and oxygen atoms in total. The lowest BCUT2D eigenvalue weighted by atomic mass is 9.89. The highest BCUT2D eigenvalue weighted by atomic mass is 35.5. The third-order valence-corrected chi connectivity index (χ3v) is 4.13. The third kappa shape index (κ3) is 3.31. The molecule has 1 aromatic heterocycles. The summed E-state index contributed by atoms with van der Waals surface area (Å²) in [5, 5.41) is 10.6. The number of aromatic amines is 1. The van der Waals surface area contributed by atoms with Gasteiger partial charge in [-0.1, -0.05) is 23.7 Å². The molecule has 116 valence electrons. The number of carbonyl (C=O) groups excluding carboxylic acids is 1. The number of halogens is 1. The smallest absolute Gasteiger partial charge is 0.272 e. The van der Waals surface area contributed by atoms with Crippen LogP contribution in [-0.2, 0) is 11.2 Å². The molecule has 0 radical (unpaired) electrons. The van der Waals surface area contributed by atoms with Crippen molar-refractivity contribution in [3.05, 3.63) is 52.3 Å². The van der Waals surface area contributed by atoms with E-state index in [1.54, 1.807) is 6.07 Å². The summed E-state index contributed by atoms with van der Waals surface area (Å²) in [4.78, 5) is 12.4. The minimum absolute atomic E-state index is 0.177. The second kappa shape index (κ2) is 6.10. The van der Waals surface area contributed by atoms with Crippen LogP contribution in [0.2, 0.25) is 5.02 Å². The second-order valence-corrected chi connectivity index (χ2v) is 6.21. The Hall–Kier alpha value is -1.85. The number of nitrogens with zero attached hydrogens (tertiary/aromatic N) is 1. The topological polar surface area (TPSA) is 67.0 Å². The molecule has 0 bridgehead atoms. The van der Waals surface area contributed by atoms with Crippen LogP contribution in [0, 0.1) is 6.92 Å². The minimum atomic E-state index is -0.391. The van der Waals surface area contributed by atoms with E-state index < -0.39 is 5.54 Å². The van der Waals surface area contributed by atoms with E-state index in [-0.39, 0.29) is 5.91 Å². The summed E-state index contributed by atoms with van der Waals surface area (Å²) in [7, 11) is 0. The van der Waals surface area contributed by atoms with E-state index in [1.165, 1.54) is 0 Å². The summed E-state index contributed by atoms with van der Waals surface area (Å²) in [6, 6.07) is 9.42. The van der Waals surface area contributed by atoms with Gasteiger partial charge < -0.3 is 10.1 Å². The van der Waals surface area contributed by atoms with Crippen LogP contribution in [0.5, 0.6) is 0 Å². The van der Waals surface area contributed by atoms with Crippen molar-refractivity contribution >= 4 is 17.5 Å². The molecule has 0 spiro atoms. The minimum Gasteiger partial charge on any atom is -0.379 e. The van der Waals surface area contributed by atoms with Crippen LogP contribution in [0.1, 0.15) is 28.2 Å². The molecule has 22 heavy (non-hydrogen) atoms. The molecule has 6 heteroatoms. The van der Waals surface area contributed by atoms with Gasteiger partial charge in [0.25, 0.3) is 5.91 Å². The lowest BCUT2D eigenvalue weighted by Crippen LogP contribution is -2.50. The molecule has 2 heterocycles. The molecule has 1 amide bonds. The van der Waals surface area contributed by atoms with Crippen LogP contribution in [0.25, 0.3) is 0 Å². The quantitative estimate of drug-likeness (QED) is 0.910. The molecule has 0 saturated carbocycles. The third-order valence-electron chi connectivity index (χ3n) is 3.88. The average Bonchev–Trinajstić information content (AvgIpc) is 3.11. The summed E-state index contributed by atoms with van der Waals surface area (Å²) in [6.07, 6.45) is 1.49. The largest absolute Gasteiger partial charge is 0.379 e. The van der Waals surface area contributed by atoms with Gasteiger partial charge in [0.1, 0.15) is 5.69 Å². The molecule has 0 unspecified atom stereocenters. The van der Waals surface area contributed by atoms with Crippen molar-refractivity contribution in [3.8, 4) is 0 Å². The fourth-order valence-corrected chi connectivity index (χ4v) is 2.85. The predicted octanol–water partition coefficient (Wildman–Crippen LogP) is 2.50. The highest BCUT2D eigenvalue weighted by Crippen LogP contribution is 2.25. The van der Waals surface area contributed by atoms with Crippen molar-refractivity contribution in [1.82, 2.24) is 15.5 Å². The van der Waals surface area contributed by atoms with Gasteiger partial charge in [0.2, 0.25) is 0 Å². The maximum atomic E-state index is 12.4. The number of hydrogen-bond acceptors (Lipinski definition) is 3. The molecule has 0 aliphatic carbocycles. The summed E-state index contributed by atoms with van der Waals surface area (Å²) >= 11 is 5.92. The van der Waals surface area contributed by atoms with E-state index in [0.29, 0.717) is 30.4 Å². The monoisotopic (exact) mass is 319 g/mol. The summed E-state index contributed by atoms with van der Waals surface area (Å²) in [6.45, 7) is 3.02. The van der Waals surface area contributed by atoms with Crippen LogP contribution >= 0.6 is 11.6 Å². The number of carbonyl (C=O) groups is 1. The Morgan fingerprint density at radius 1 is 1.45 bits per heavy atom. The molecule has 2 N–H and O–H groups in total. The molecule has 1 fully saturated rings. The fourth-order valence-electron chi connectivity index (χ4n) is 2.72. The Morgan fingerprint density at radius 2 is 2.23 bits per heavy atom.